The fourth-order valence-corrected chi connectivity index (χ4v) is 5.36. The molecule has 1 amide bonds. The summed E-state index contributed by atoms with van der Waals surface area (Å²) in [6.07, 6.45) is 11.0. The first-order chi connectivity index (χ1) is 16.2. The molecule has 180 valence electrons. The van der Waals surface area contributed by atoms with Gasteiger partial charge >= 0.3 is 0 Å². The third-order valence-electron chi connectivity index (χ3n) is 6.83. The van der Waals surface area contributed by atoms with Gasteiger partial charge in [-0.2, -0.15) is 0 Å². The maximum atomic E-state index is 13.6. The fraction of sp³-hybridized carbons (Fsp3) is 0.370. The molecule has 7 heteroatoms. The van der Waals surface area contributed by atoms with Gasteiger partial charge in [0.25, 0.3) is 0 Å². The van der Waals surface area contributed by atoms with Crippen LogP contribution >= 0.6 is 0 Å². The van der Waals surface area contributed by atoms with Crippen molar-refractivity contribution < 1.29 is 18.3 Å². The molecule has 2 aliphatic rings. The van der Waals surface area contributed by atoms with Crippen LogP contribution < -0.4 is 10.0 Å². The van der Waals surface area contributed by atoms with E-state index in [2.05, 4.69) is 10.0 Å². The number of aliphatic hydroxyl groups excluding tert-OH is 1. The molecule has 2 aromatic rings. The molecule has 34 heavy (non-hydrogen) atoms. The molecule has 0 aliphatic heterocycles. The zero-order chi connectivity index (χ0) is 24.2. The number of allylic oxidation sites excluding steroid dienone is 3. The van der Waals surface area contributed by atoms with E-state index in [0.29, 0.717) is 12.2 Å². The van der Waals surface area contributed by atoms with E-state index in [1.54, 1.807) is 6.08 Å². The minimum atomic E-state index is -3.24. The Hall–Kier alpha value is -2.90. The topological polar surface area (TPSA) is 95.5 Å². The SMILES string of the molecule is CS(=O)(=O)NCc1ccc(-c2cccc(NC(=O)C3(C4=CC=C(O)CC4)CCCCC3)c2)cc1. The standard InChI is InChI=1S/C27H32N2O4S/c1-34(32,33)28-19-20-8-10-21(11-9-20)22-6-5-7-24(18-22)29-26(31)27(16-3-2-4-17-27)23-12-14-25(30)15-13-23/h5-12,14,18,28,30H,2-4,13,15-17,19H2,1H3,(H,29,31). The first-order valence-electron chi connectivity index (χ1n) is 11.8. The lowest BCUT2D eigenvalue weighted by molar-refractivity contribution is -0.125. The Morgan fingerprint density at radius 3 is 2.35 bits per heavy atom. The monoisotopic (exact) mass is 480 g/mol. The number of aliphatic hydroxyl groups is 1. The number of carbonyl (C=O) groups is 1. The summed E-state index contributed by atoms with van der Waals surface area (Å²) >= 11 is 0. The number of sulfonamides is 1. The van der Waals surface area contributed by atoms with Crippen molar-refractivity contribution in [2.75, 3.05) is 11.6 Å². The van der Waals surface area contributed by atoms with Gasteiger partial charge in [0.15, 0.2) is 0 Å². The van der Waals surface area contributed by atoms with Gasteiger partial charge < -0.3 is 10.4 Å². The predicted molar refractivity (Wildman–Crippen MR) is 136 cm³/mol. The summed E-state index contributed by atoms with van der Waals surface area (Å²) in [7, 11) is -3.24. The number of carbonyl (C=O) groups excluding carboxylic acids is 1. The number of nitrogens with one attached hydrogen (secondary N) is 2. The molecule has 6 nitrogen and oxygen atoms in total. The molecule has 1 saturated carbocycles. The number of hydrogen-bond donors (Lipinski definition) is 3. The molecule has 3 N–H and O–H groups in total. The molecule has 0 saturated heterocycles. The van der Waals surface area contributed by atoms with E-state index in [1.165, 1.54) is 0 Å². The first kappa shape index (κ1) is 24.2. The maximum absolute atomic E-state index is 13.6. The highest BCUT2D eigenvalue weighted by atomic mass is 32.2. The molecular weight excluding hydrogens is 448 g/mol. The molecule has 0 unspecified atom stereocenters. The molecule has 0 atom stereocenters. The normalized spacial score (nSPS) is 18.0. The van der Waals surface area contributed by atoms with E-state index >= 15 is 0 Å². The fourth-order valence-electron chi connectivity index (χ4n) is 4.93. The van der Waals surface area contributed by atoms with Crippen LogP contribution in [0.3, 0.4) is 0 Å². The number of anilines is 1. The van der Waals surface area contributed by atoms with Crippen LogP contribution in [0.5, 0.6) is 0 Å². The summed E-state index contributed by atoms with van der Waals surface area (Å²) in [4.78, 5) is 13.6. The van der Waals surface area contributed by atoms with Crippen molar-refractivity contribution in [3.05, 3.63) is 77.6 Å². The van der Waals surface area contributed by atoms with Crippen LogP contribution in [0, 0.1) is 5.41 Å². The smallest absolute Gasteiger partial charge is 0.234 e. The van der Waals surface area contributed by atoms with Crippen LogP contribution in [0.2, 0.25) is 0 Å². The highest BCUT2D eigenvalue weighted by molar-refractivity contribution is 7.88. The molecule has 2 aliphatic carbocycles. The van der Waals surface area contributed by atoms with Crippen molar-refractivity contribution in [3.63, 3.8) is 0 Å². The van der Waals surface area contributed by atoms with Crippen molar-refractivity contribution in [1.29, 1.82) is 0 Å². The molecule has 0 aromatic heterocycles. The zero-order valence-corrected chi connectivity index (χ0v) is 20.3. The second-order valence-corrected chi connectivity index (χ2v) is 11.2. The Labute approximate surface area is 201 Å². The summed E-state index contributed by atoms with van der Waals surface area (Å²) in [6.45, 7) is 0.250. The third kappa shape index (κ3) is 5.77. The van der Waals surface area contributed by atoms with Gasteiger partial charge in [0.05, 0.1) is 17.4 Å². The van der Waals surface area contributed by atoms with Gasteiger partial charge in [-0.05, 0) is 54.2 Å². The van der Waals surface area contributed by atoms with Crippen LogP contribution in [0.1, 0.15) is 50.5 Å². The van der Waals surface area contributed by atoms with E-state index in [0.717, 1.165) is 72.7 Å². The molecular formula is C27H32N2O4S. The van der Waals surface area contributed by atoms with Crippen LogP contribution in [0.4, 0.5) is 5.69 Å². The average molecular weight is 481 g/mol. The number of amides is 1. The van der Waals surface area contributed by atoms with Gasteiger partial charge in [-0.15, -0.1) is 0 Å². The zero-order valence-electron chi connectivity index (χ0n) is 19.5. The molecule has 2 aromatic carbocycles. The Kier molecular flexibility index (Phi) is 7.24. The number of rotatable bonds is 7. The lowest BCUT2D eigenvalue weighted by Crippen LogP contribution is -2.40. The Bertz CT molecular complexity index is 1210. The van der Waals surface area contributed by atoms with Crippen molar-refractivity contribution >= 4 is 21.6 Å². The molecule has 4 rings (SSSR count). The van der Waals surface area contributed by atoms with Gasteiger partial charge in [0, 0.05) is 18.7 Å². The van der Waals surface area contributed by atoms with Crippen molar-refractivity contribution in [2.24, 2.45) is 5.41 Å². The first-order valence-corrected chi connectivity index (χ1v) is 13.7. The summed E-state index contributed by atoms with van der Waals surface area (Å²) in [5.41, 5.74) is 4.20. The van der Waals surface area contributed by atoms with Crippen LogP contribution in [0.15, 0.2) is 72.0 Å². The predicted octanol–water partition coefficient (Wildman–Crippen LogP) is 5.45. The van der Waals surface area contributed by atoms with Gasteiger partial charge in [-0.3, -0.25) is 4.79 Å². The Balaban J connectivity index is 1.52. The van der Waals surface area contributed by atoms with Gasteiger partial charge in [0.2, 0.25) is 15.9 Å². The summed E-state index contributed by atoms with van der Waals surface area (Å²) < 4.78 is 25.1. The van der Waals surface area contributed by atoms with Crippen molar-refractivity contribution in [3.8, 4) is 11.1 Å². The third-order valence-corrected chi connectivity index (χ3v) is 7.50. The van der Waals surface area contributed by atoms with Crippen molar-refractivity contribution in [1.82, 2.24) is 4.72 Å². The number of hydrogen-bond acceptors (Lipinski definition) is 4. The molecule has 1 fully saturated rings. The van der Waals surface area contributed by atoms with Gasteiger partial charge in [-0.1, -0.05) is 67.3 Å². The summed E-state index contributed by atoms with van der Waals surface area (Å²) in [5.74, 6) is 0.411. The minimum Gasteiger partial charge on any atom is -0.512 e. The quantitative estimate of drug-likeness (QED) is 0.491. The Morgan fingerprint density at radius 1 is 0.971 bits per heavy atom. The van der Waals surface area contributed by atoms with E-state index in [1.807, 2.05) is 54.6 Å². The second kappa shape index (κ2) is 10.2. The van der Waals surface area contributed by atoms with E-state index < -0.39 is 15.4 Å². The number of benzene rings is 2. The van der Waals surface area contributed by atoms with Crippen LogP contribution in [-0.2, 0) is 21.4 Å². The molecule has 0 spiro atoms. The molecule has 0 heterocycles. The lowest BCUT2D eigenvalue weighted by atomic mass is 9.66. The van der Waals surface area contributed by atoms with Crippen molar-refractivity contribution in [2.45, 2.75) is 51.5 Å². The molecule has 0 bridgehead atoms. The van der Waals surface area contributed by atoms with E-state index in [-0.39, 0.29) is 12.5 Å². The molecule has 0 radical (unpaired) electrons. The summed E-state index contributed by atoms with van der Waals surface area (Å²) in [5, 5.41) is 13.0. The van der Waals surface area contributed by atoms with E-state index in [4.69, 9.17) is 0 Å². The maximum Gasteiger partial charge on any atom is 0.234 e. The second-order valence-electron chi connectivity index (χ2n) is 9.32. The average Bonchev–Trinajstić information content (AvgIpc) is 2.83. The van der Waals surface area contributed by atoms with Gasteiger partial charge in [0.1, 0.15) is 0 Å². The van der Waals surface area contributed by atoms with Crippen LogP contribution in [-0.4, -0.2) is 25.7 Å². The minimum absolute atomic E-state index is 0.0348. The highest BCUT2D eigenvalue weighted by Crippen LogP contribution is 2.46. The summed E-state index contributed by atoms with van der Waals surface area (Å²) in [6, 6.07) is 15.5. The van der Waals surface area contributed by atoms with Gasteiger partial charge in [-0.25, -0.2) is 13.1 Å². The lowest BCUT2D eigenvalue weighted by Gasteiger charge is -2.39. The van der Waals surface area contributed by atoms with E-state index in [9.17, 15) is 18.3 Å². The van der Waals surface area contributed by atoms with Crippen LogP contribution in [0.25, 0.3) is 11.1 Å². The largest absolute Gasteiger partial charge is 0.512 e. The highest BCUT2D eigenvalue weighted by Gasteiger charge is 2.42. The Morgan fingerprint density at radius 2 is 1.71 bits per heavy atom.